The van der Waals surface area contributed by atoms with Crippen LogP contribution in [-0.4, -0.2) is 17.9 Å². The lowest BCUT2D eigenvalue weighted by Gasteiger charge is -2.23. The Labute approximate surface area is 161 Å². The van der Waals surface area contributed by atoms with Crippen LogP contribution in [0.4, 0.5) is 5.69 Å². The topological polar surface area (TPSA) is 58.2 Å². The average molecular weight is 364 g/mol. The molecule has 2 atom stereocenters. The summed E-state index contributed by atoms with van der Waals surface area (Å²) >= 11 is 0. The van der Waals surface area contributed by atoms with E-state index in [0.717, 1.165) is 24.9 Å². The third-order valence-electron chi connectivity index (χ3n) is 5.21. The molecule has 0 spiro atoms. The molecule has 0 bridgehead atoms. The molecule has 0 saturated heterocycles. The van der Waals surface area contributed by atoms with Crippen LogP contribution in [0, 0.1) is 11.3 Å². The Balaban J connectivity index is 1.42. The maximum absolute atomic E-state index is 12.6. The van der Waals surface area contributed by atoms with Crippen molar-refractivity contribution in [3.8, 4) is 0 Å². The van der Waals surface area contributed by atoms with Gasteiger partial charge in [-0.25, -0.2) is 0 Å². The second-order valence-corrected chi connectivity index (χ2v) is 8.00. The summed E-state index contributed by atoms with van der Waals surface area (Å²) < 4.78 is 0. The van der Waals surface area contributed by atoms with Crippen LogP contribution < -0.4 is 10.6 Å². The number of carbonyl (C=O) groups is 2. The van der Waals surface area contributed by atoms with Crippen LogP contribution in [0.25, 0.3) is 0 Å². The van der Waals surface area contributed by atoms with Gasteiger partial charge >= 0.3 is 0 Å². The Morgan fingerprint density at radius 1 is 1.00 bits per heavy atom. The zero-order valence-corrected chi connectivity index (χ0v) is 16.1. The van der Waals surface area contributed by atoms with Gasteiger partial charge < -0.3 is 10.6 Å². The molecule has 4 nitrogen and oxygen atoms in total. The van der Waals surface area contributed by atoms with Crippen LogP contribution in [0.3, 0.4) is 0 Å². The minimum atomic E-state index is -0.433. The number of amides is 2. The predicted octanol–water partition coefficient (Wildman–Crippen LogP) is 4.18. The summed E-state index contributed by atoms with van der Waals surface area (Å²) in [4.78, 5) is 24.9. The zero-order chi connectivity index (χ0) is 19.3. The highest BCUT2D eigenvalue weighted by atomic mass is 16.2. The van der Waals surface area contributed by atoms with Gasteiger partial charge in [0.15, 0.2) is 0 Å². The molecule has 0 aliphatic heterocycles. The molecule has 3 rings (SSSR count). The van der Waals surface area contributed by atoms with Gasteiger partial charge in [0.2, 0.25) is 11.8 Å². The summed E-state index contributed by atoms with van der Waals surface area (Å²) in [6.07, 6.45) is 3.47. The number of aryl methyl sites for hydroxylation is 1. The van der Waals surface area contributed by atoms with Crippen LogP contribution in [0.15, 0.2) is 60.7 Å². The zero-order valence-electron chi connectivity index (χ0n) is 16.1. The SMILES string of the molecule is CC(C)(CCCc1ccccc1)C(=O)NC1CC1C(=O)Nc1ccccc1. The Bertz CT molecular complexity index is 771. The number of rotatable bonds is 8. The van der Waals surface area contributed by atoms with Gasteiger partial charge in [-0.3, -0.25) is 9.59 Å². The van der Waals surface area contributed by atoms with E-state index in [1.54, 1.807) is 0 Å². The number of carbonyl (C=O) groups excluding carboxylic acids is 2. The van der Waals surface area contributed by atoms with E-state index in [9.17, 15) is 9.59 Å². The second kappa shape index (κ2) is 8.38. The largest absolute Gasteiger partial charge is 0.352 e. The molecule has 142 valence electrons. The van der Waals surface area contributed by atoms with Crippen molar-refractivity contribution >= 4 is 17.5 Å². The van der Waals surface area contributed by atoms with Gasteiger partial charge in [-0.05, 0) is 43.4 Å². The van der Waals surface area contributed by atoms with Gasteiger partial charge in [0.05, 0.1) is 5.92 Å². The van der Waals surface area contributed by atoms with Crippen LogP contribution in [0.2, 0.25) is 0 Å². The Kier molecular flexibility index (Phi) is 5.94. The third kappa shape index (κ3) is 5.43. The minimum absolute atomic E-state index is 0.0200. The van der Waals surface area contributed by atoms with E-state index in [-0.39, 0.29) is 23.8 Å². The molecule has 0 radical (unpaired) electrons. The smallest absolute Gasteiger partial charge is 0.229 e. The first-order chi connectivity index (χ1) is 13.0. The van der Waals surface area contributed by atoms with Crippen molar-refractivity contribution < 1.29 is 9.59 Å². The van der Waals surface area contributed by atoms with Crippen molar-refractivity contribution in [2.75, 3.05) is 5.32 Å². The maximum atomic E-state index is 12.6. The van der Waals surface area contributed by atoms with Gasteiger partial charge in [-0.15, -0.1) is 0 Å². The fourth-order valence-electron chi connectivity index (χ4n) is 3.26. The number of anilines is 1. The molecular weight excluding hydrogens is 336 g/mol. The summed E-state index contributed by atoms with van der Waals surface area (Å²) in [5.41, 5.74) is 1.66. The molecule has 2 unspecified atom stereocenters. The molecule has 2 aromatic carbocycles. The van der Waals surface area contributed by atoms with E-state index in [2.05, 4.69) is 22.8 Å². The van der Waals surface area contributed by atoms with Crippen molar-refractivity contribution in [2.24, 2.45) is 11.3 Å². The summed E-state index contributed by atoms with van der Waals surface area (Å²) in [6.45, 7) is 3.96. The Hall–Kier alpha value is -2.62. The van der Waals surface area contributed by atoms with Gasteiger partial charge in [0.1, 0.15) is 0 Å². The van der Waals surface area contributed by atoms with E-state index < -0.39 is 5.41 Å². The van der Waals surface area contributed by atoms with Gasteiger partial charge in [0.25, 0.3) is 0 Å². The standard InChI is InChI=1S/C23H28N2O2/c1-23(2,15-9-12-17-10-5-3-6-11-17)22(27)25-20-16-19(20)21(26)24-18-13-7-4-8-14-18/h3-8,10-11,13-14,19-20H,9,12,15-16H2,1-2H3,(H,24,26)(H,25,27). The third-order valence-corrected chi connectivity index (χ3v) is 5.21. The summed E-state index contributed by atoms with van der Waals surface area (Å²) in [6, 6.07) is 19.7. The fraction of sp³-hybridized carbons (Fsp3) is 0.391. The molecule has 1 aliphatic rings. The quantitative estimate of drug-likeness (QED) is 0.738. The summed E-state index contributed by atoms with van der Waals surface area (Å²) in [7, 11) is 0. The molecule has 2 aromatic rings. The molecule has 2 N–H and O–H groups in total. The van der Waals surface area contributed by atoms with Gasteiger partial charge in [0, 0.05) is 17.1 Å². The van der Waals surface area contributed by atoms with Crippen molar-refractivity contribution in [3.63, 3.8) is 0 Å². The van der Waals surface area contributed by atoms with E-state index in [0.29, 0.717) is 6.42 Å². The number of benzene rings is 2. The molecular formula is C23H28N2O2. The number of hydrogen-bond acceptors (Lipinski definition) is 2. The molecule has 4 heteroatoms. The fourth-order valence-corrected chi connectivity index (χ4v) is 3.26. The van der Waals surface area contributed by atoms with E-state index >= 15 is 0 Å². The van der Waals surface area contributed by atoms with Gasteiger partial charge in [-0.1, -0.05) is 62.4 Å². The van der Waals surface area contributed by atoms with Crippen LogP contribution >= 0.6 is 0 Å². The monoisotopic (exact) mass is 364 g/mol. The Morgan fingerprint density at radius 2 is 1.63 bits per heavy atom. The lowest BCUT2D eigenvalue weighted by atomic mass is 9.85. The molecule has 1 saturated carbocycles. The molecule has 0 heterocycles. The normalized spacial score (nSPS) is 18.6. The molecule has 0 aromatic heterocycles. The van der Waals surface area contributed by atoms with E-state index in [1.807, 2.05) is 62.4 Å². The van der Waals surface area contributed by atoms with E-state index in [1.165, 1.54) is 5.56 Å². The van der Waals surface area contributed by atoms with Gasteiger partial charge in [-0.2, -0.15) is 0 Å². The molecule has 2 amide bonds. The minimum Gasteiger partial charge on any atom is -0.352 e. The van der Waals surface area contributed by atoms with E-state index in [4.69, 9.17) is 0 Å². The highest BCUT2D eigenvalue weighted by Crippen LogP contribution is 2.33. The van der Waals surface area contributed by atoms with Crippen LogP contribution in [-0.2, 0) is 16.0 Å². The van der Waals surface area contributed by atoms with Crippen molar-refractivity contribution in [1.82, 2.24) is 5.32 Å². The van der Waals surface area contributed by atoms with Crippen molar-refractivity contribution in [1.29, 1.82) is 0 Å². The lowest BCUT2D eigenvalue weighted by molar-refractivity contribution is -0.130. The highest BCUT2D eigenvalue weighted by molar-refractivity contribution is 5.95. The Morgan fingerprint density at radius 3 is 2.30 bits per heavy atom. The van der Waals surface area contributed by atoms with Crippen molar-refractivity contribution in [3.05, 3.63) is 66.2 Å². The maximum Gasteiger partial charge on any atom is 0.229 e. The number of nitrogens with one attached hydrogen (secondary N) is 2. The molecule has 27 heavy (non-hydrogen) atoms. The van der Waals surface area contributed by atoms with Crippen molar-refractivity contribution in [2.45, 2.75) is 45.6 Å². The first kappa shape index (κ1) is 19.2. The first-order valence-electron chi connectivity index (χ1n) is 9.66. The highest BCUT2D eigenvalue weighted by Gasteiger charge is 2.45. The van der Waals surface area contributed by atoms with Crippen LogP contribution in [0.1, 0.15) is 38.7 Å². The molecule has 1 aliphatic carbocycles. The average Bonchev–Trinajstić information content (AvgIpc) is 3.42. The number of para-hydroxylation sites is 1. The second-order valence-electron chi connectivity index (χ2n) is 8.00. The first-order valence-corrected chi connectivity index (χ1v) is 9.66. The predicted molar refractivity (Wildman–Crippen MR) is 108 cm³/mol. The number of hydrogen-bond donors (Lipinski definition) is 2. The summed E-state index contributed by atoms with van der Waals surface area (Å²) in [5, 5.41) is 5.97. The molecule has 1 fully saturated rings. The lowest BCUT2D eigenvalue weighted by Crippen LogP contribution is -2.39. The van der Waals surface area contributed by atoms with Crippen LogP contribution in [0.5, 0.6) is 0 Å². The summed E-state index contributed by atoms with van der Waals surface area (Å²) in [5.74, 6) is -0.113.